The summed E-state index contributed by atoms with van der Waals surface area (Å²) >= 11 is 2.99. The largest absolute Gasteiger partial charge is 0.291 e. The topological polar surface area (TPSA) is 17.8 Å². The number of aromatic nitrogens is 2. The molecule has 0 fully saturated rings. The van der Waals surface area contributed by atoms with Gasteiger partial charge in [0.2, 0.25) is 0 Å². The zero-order valence-corrected chi connectivity index (χ0v) is 7.86. The van der Waals surface area contributed by atoms with Gasteiger partial charge in [-0.3, -0.25) is 4.57 Å². The normalized spacial score (nSPS) is 21.2. The minimum atomic E-state index is -2.72. The van der Waals surface area contributed by atoms with Crippen LogP contribution < -0.4 is 0 Å². The van der Waals surface area contributed by atoms with Crippen molar-refractivity contribution in [2.24, 2.45) is 0 Å². The molecule has 2 rings (SSSR count). The average molecular weight is 246 g/mol. The molecule has 0 N–H and O–H groups in total. The van der Waals surface area contributed by atoms with Gasteiger partial charge in [-0.05, 0) is 34.9 Å². The molecule has 66 valence electrons. The van der Waals surface area contributed by atoms with Gasteiger partial charge < -0.3 is 0 Å². The fourth-order valence-electron chi connectivity index (χ4n) is 0.851. The van der Waals surface area contributed by atoms with Crippen molar-refractivity contribution in [1.82, 2.24) is 9.55 Å². The van der Waals surface area contributed by atoms with Gasteiger partial charge in [-0.1, -0.05) is 18.1 Å². The van der Waals surface area contributed by atoms with Crippen LogP contribution in [0.5, 0.6) is 0 Å². The van der Waals surface area contributed by atoms with E-state index in [4.69, 9.17) is 12.3 Å². The highest BCUT2D eigenvalue weighted by Crippen LogP contribution is 2.18. The van der Waals surface area contributed by atoms with Gasteiger partial charge in [-0.25, -0.2) is 4.98 Å². The Morgan fingerprint density at radius 2 is 2.23 bits per heavy atom. The lowest BCUT2D eigenvalue weighted by Crippen LogP contribution is -1.96. The van der Waals surface area contributed by atoms with E-state index in [1.807, 2.05) is 0 Å². The maximum Gasteiger partial charge on any atom is 0.110 e. The highest BCUT2D eigenvalue weighted by molar-refractivity contribution is 9.10. The smallest absolute Gasteiger partial charge is 0.110 e. The van der Waals surface area contributed by atoms with Gasteiger partial charge in [0, 0.05) is 9.80 Å². The lowest BCUT2D eigenvalue weighted by molar-refractivity contribution is 0.957. The molecule has 0 amide bonds. The molecule has 1 heterocycles. The number of halogens is 1. The predicted molar refractivity (Wildman–Crippen MR) is 56.0 cm³/mol. The van der Waals surface area contributed by atoms with E-state index in [-0.39, 0.29) is 10.3 Å². The number of imidazole rings is 1. The summed E-state index contributed by atoms with van der Waals surface area (Å²) in [6.45, 7) is -2.72. The second-order valence-corrected chi connectivity index (χ2v) is 2.90. The van der Waals surface area contributed by atoms with E-state index in [0.29, 0.717) is 0 Å². The summed E-state index contributed by atoms with van der Waals surface area (Å²) in [5, 5.41) is 0. The van der Waals surface area contributed by atoms with Gasteiger partial charge in [0.25, 0.3) is 0 Å². The van der Waals surface area contributed by atoms with Crippen LogP contribution in [0.3, 0.4) is 0 Å². The Labute approximate surface area is 98.0 Å². The molecule has 0 bridgehead atoms. The van der Waals surface area contributed by atoms with Crippen molar-refractivity contribution in [3.63, 3.8) is 0 Å². The number of hydrogen-bond donors (Lipinski definition) is 0. The van der Waals surface area contributed by atoms with E-state index in [2.05, 4.69) is 20.9 Å². The zero-order chi connectivity index (χ0) is 17.0. The molecule has 13 heavy (non-hydrogen) atoms. The van der Waals surface area contributed by atoms with Crippen LogP contribution in [0.4, 0.5) is 0 Å². The molecule has 0 aliphatic carbocycles. The van der Waals surface area contributed by atoms with Gasteiger partial charge in [0.1, 0.15) is 10.4 Å². The van der Waals surface area contributed by atoms with E-state index in [1.165, 1.54) is 0 Å². The fraction of sp³-hybridized carbons (Fsp3) is 0.100. The number of nitrogens with zero attached hydrogens (tertiary/aromatic N) is 2. The highest BCUT2D eigenvalue weighted by atomic mass is 79.9. The third-order valence-corrected chi connectivity index (χ3v) is 1.90. The Balaban J connectivity index is 2.96. The highest BCUT2D eigenvalue weighted by Gasteiger charge is 2.04. The Bertz CT molecular complexity index is 736. The number of aryl methyl sites for hydroxylation is 1. The van der Waals surface area contributed by atoms with Crippen LogP contribution in [0.2, 0.25) is 0 Å². The van der Waals surface area contributed by atoms with E-state index in [9.17, 15) is 0 Å². The molecule has 0 saturated heterocycles. The molecule has 0 unspecified atom stereocenters. The second kappa shape index (κ2) is 3.34. The first kappa shape index (κ1) is 2.95. The van der Waals surface area contributed by atoms with Crippen LogP contribution in [0.1, 0.15) is 18.2 Å². The lowest BCUT2D eigenvalue weighted by atomic mass is 10.3. The SMILES string of the molecule is [2H]c1nc(C([2H])([2H])[2H])n(-c2c([2H])c([2H])c([2H])c([2H])c2[2H])c1Br. The average Bonchev–Trinajstić information content (AvgIpc) is 2.72. The molecular formula is C10H9BrN2. The number of rotatable bonds is 1. The zero-order valence-electron chi connectivity index (χ0n) is 15.3. The Morgan fingerprint density at radius 3 is 2.92 bits per heavy atom. The van der Waals surface area contributed by atoms with Gasteiger partial charge in [0.05, 0.1) is 14.4 Å². The maximum absolute atomic E-state index is 7.89. The molecule has 3 heteroatoms. The van der Waals surface area contributed by atoms with E-state index >= 15 is 0 Å². The van der Waals surface area contributed by atoms with E-state index in [1.54, 1.807) is 0 Å². The van der Waals surface area contributed by atoms with Gasteiger partial charge in [-0.2, -0.15) is 0 Å². The molecule has 0 atom stereocenters. The molecule has 2 nitrogen and oxygen atoms in total. The summed E-state index contributed by atoms with van der Waals surface area (Å²) in [6, 6.07) is -2.93. The van der Waals surface area contributed by atoms with Crippen LogP contribution in [0, 0.1) is 6.85 Å². The monoisotopic (exact) mass is 245 g/mol. The van der Waals surface area contributed by atoms with Crippen molar-refractivity contribution in [3.05, 3.63) is 46.8 Å². The number of hydrogen-bond acceptors (Lipinski definition) is 1. The minimum absolute atomic E-state index is 0.0999. The Morgan fingerprint density at radius 1 is 1.46 bits per heavy atom. The maximum atomic E-state index is 7.89. The summed E-state index contributed by atoms with van der Waals surface area (Å²) in [5.41, 5.74) is -0.366. The summed E-state index contributed by atoms with van der Waals surface area (Å²) in [4.78, 5) is 3.61. The van der Waals surface area contributed by atoms with Crippen molar-refractivity contribution in [1.29, 1.82) is 0 Å². The lowest BCUT2D eigenvalue weighted by Gasteiger charge is -2.05. The predicted octanol–water partition coefficient (Wildman–Crippen LogP) is 2.94. The molecule has 1 aromatic carbocycles. The van der Waals surface area contributed by atoms with Gasteiger partial charge >= 0.3 is 0 Å². The minimum Gasteiger partial charge on any atom is -0.291 e. The fourth-order valence-corrected chi connectivity index (χ4v) is 1.29. The van der Waals surface area contributed by atoms with Crippen molar-refractivity contribution < 1.29 is 12.3 Å². The molecule has 2 aromatic rings. The van der Waals surface area contributed by atoms with Crippen molar-refractivity contribution >= 4 is 15.9 Å². The molecule has 0 spiro atoms. The van der Waals surface area contributed by atoms with Gasteiger partial charge in [-0.15, -0.1) is 0 Å². The summed E-state index contributed by atoms with van der Waals surface area (Å²) in [6.07, 6.45) is -0.405. The Hall–Kier alpha value is -1.09. The van der Waals surface area contributed by atoms with Crippen LogP contribution in [0.15, 0.2) is 41.0 Å². The Kier molecular flexibility index (Phi) is 0.759. The second-order valence-electron chi connectivity index (χ2n) is 2.15. The third-order valence-electron chi connectivity index (χ3n) is 1.37. The first-order valence-electron chi connectivity index (χ1n) is 7.81. The van der Waals surface area contributed by atoms with Crippen molar-refractivity contribution in [2.45, 2.75) is 6.85 Å². The van der Waals surface area contributed by atoms with Crippen LogP contribution >= 0.6 is 15.9 Å². The first-order chi connectivity index (χ1) is 9.98. The number of benzene rings is 1. The van der Waals surface area contributed by atoms with Crippen molar-refractivity contribution in [2.75, 3.05) is 0 Å². The van der Waals surface area contributed by atoms with Crippen molar-refractivity contribution in [3.8, 4) is 5.69 Å². The van der Waals surface area contributed by atoms with E-state index < -0.39 is 49.1 Å². The molecule has 0 aliphatic rings. The summed E-state index contributed by atoms with van der Waals surface area (Å²) in [7, 11) is 0. The van der Waals surface area contributed by atoms with Crippen LogP contribution in [-0.4, -0.2) is 9.55 Å². The molecule has 1 aromatic heterocycles. The molecular weight excluding hydrogens is 228 g/mol. The molecule has 0 aliphatic heterocycles. The third kappa shape index (κ3) is 1.52. The van der Waals surface area contributed by atoms with Gasteiger partial charge in [0.15, 0.2) is 0 Å². The van der Waals surface area contributed by atoms with Crippen LogP contribution in [0.25, 0.3) is 5.69 Å². The first-order valence-corrected chi connectivity index (χ1v) is 4.10. The van der Waals surface area contributed by atoms with Crippen LogP contribution in [-0.2, 0) is 0 Å². The van der Waals surface area contributed by atoms with E-state index in [0.717, 1.165) is 4.57 Å². The standard InChI is InChI=1S/C10H9BrN2/c1-8-12-7-10(11)13(8)9-5-3-2-4-6-9/h2-7H,1H3/i1D3,2D,3D,4D,5D,6D,7D. The summed E-state index contributed by atoms with van der Waals surface area (Å²) in [5.74, 6) is -0.553. The molecule has 0 saturated carbocycles. The molecule has 0 radical (unpaired) electrons. The quantitative estimate of drug-likeness (QED) is 0.756. The number of para-hydroxylation sites is 1. The summed E-state index contributed by atoms with van der Waals surface area (Å²) < 4.78 is 69.4.